The highest BCUT2D eigenvalue weighted by molar-refractivity contribution is 7.89. The summed E-state index contributed by atoms with van der Waals surface area (Å²) >= 11 is 0. The first-order valence-electron chi connectivity index (χ1n) is 8.82. The van der Waals surface area contributed by atoms with Crippen molar-refractivity contribution in [3.05, 3.63) is 54.6 Å². The zero-order chi connectivity index (χ0) is 19.3. The van der Waals surface area contributed by atoms with E-state index in [2.05, 4.69) is 5.32 Å². The first-order valence-corrected chi connectivity index (χ1v) is 10.3. The summed E-state index contributed by atoms with van der Waals surface area (Å²) in [5.74, 6) is 0.551. The van der Waals surface area contributed by atoms with Crippen molar-refractivity contribution in [1.29, 1.82) is 0 Å². The monoisotopic (exact) mass is 390 g/mol. The summed E-state index contributed by atoms with van der Waals surface area (Å²) < 4.78 is 32.1. The smallest absolute Gasteiger partial charge is 0.279 e. The van der Waals surface area contributed by atoms with Crippen LogP contribution in [-0.2, 0) is 14.8 Å². The largest absolute Gasteiger partial charge is 0.497 e. The van der Waals surface area contributed by atoms with Crippen LogP contribution in [0.15, 0.2) is 59.5 Å². The van der Waals surface area contributed by atoms with Crippen LogP contribution in [0.1, 0.15) is 0 Å². The second-order valence-corrected chi connectivity index (χ2v) is 8.36. The van der Waals surface area contributed by atoms with Crippen molar-refractivity contribution in [2.75, 3.05) is 45.2 Å². The Kier molecular flexibility index (Phi) is 6.10. The molecule has 7 nitrogen and oxygen atoms in total. The summed E-state index contributed by atoms with van der Waals surface area (Å²) in [4.78, 5) is 13.5. The molecule has 1 aliphatic rings. The lowest BCUT2D eigenvalue weighted by molar-refractivity contribution is -0.895. The van der Waals surface area contributed by atoms with Gasteiger partial charge in [-0.05, 0) is 36.4 Å². The van der Waals surface area contributed by atoms with Gasteiger partial charge in [-0.1, -0.05) is 18.2 Å². The Morgan fingerprint density at radius 1 is 1.07 bits per heavy atom. The molecule has 2 aromatic rings. The number of methoxy groups -OCH3 is 1. The third-order valence-corrected chi connectivity index (χ3v) is 6.51. The highest BCUT2D eigenvalue weighted by Crippen LogP contribution is 2.19. The van der Waals surface area contributed by atoms with Crippen molar-refractivity contribution in [2.24, 2.45) is 0 Å². The minimum Gasteiger partial charge on any atom is -0.497 e. The minimum atomic E-state index is -3.52. The van der Waals surface area contributed by atoms with Crippen molar-refractivity contribution in [2.45, 2.75) is 4.90 Å². The van der Waals surface area contributed by atoms with E-state index in [1.54, 1.807) is 31.4 Å². The molecule has 0 radical (unpaired) electrons. The maximum Gasteiger partial charge on any atom is 0.279 e. The van der Waals surface area contributed by atoms with Crippen LogP contribution in [0.2, 0.25) is 0 Å². The number of hydrogen-bond acceptors (Lipinski definition) is 4. The molecule has 2 N–H and O–H groups in total. The van der Waals surface area contributed by atoms with Gasteiger partial charge in [0.05, 0.1) is 38.2 Å². The molecule has 2 aromatic carbocycles. The summed E-state index contributed by atoms with van der Waals surface area (Å²) in [5.41, 5.74) is 0.766. The Morgan fingerprint density at radius 2 is 1.70 bits per heavy atom. The summed E-state index contributed by atoms with van der Waals surface area (Å²) in [6, 6.07) is 15.7. The Hall–Kier alpha value is -2.42. The summed E-state index contributed by atoms with van der Waals surface area (Å²) in [6.07, 6.45) is 0. The van der Waals surface area contributed by atoms with Gasteiger partial charge in [-0.3, -0.25) is 4.79 Å². The van der Waals surface area contributed by atoms with E-state index in [1.807, 2.05) is 30.3 Å². The van der Waals surface area contributed by atoms with Crippen molar-refractivity contribution < 1.29 is 22.8 Å². The standard InChI is InChI=1S/C19H23N3O4S/c1-26-17-7-9-18(10-8-17)27(24,25)22-13-11-21(12-14-22)15-19(23)20-16-5-3-2-4-6-16/h2-10H,11-15H2,1H3,(H,20,23)/p+1. The Morgan fingerprint density at radius 3 is 2.30 bits per heavy atom. The summed E-state index contributed by atoms with van der Waals surface area (Å²) in [7, 11) is -1.98. The Bertz CT molecular complexity index is 862. The molecule has 27 heavy (non-hydrogen) atoms. The first kappa shape index (κ1) is 19.3. The van der Waals surface area contributed by atoms with E-state index in [0.717, 1.165) is 10.6 Å². The van der Waals surface area contributed by atoms with E-state index in [-0.39, 0.29) is 10.8 Å². The van der Waals surface area contributed by atoms with Crippen molar-refractivity contribution in [3.8, 4) is 5.75 Å². The van der Waals surface area contributed by atoms with E-state index in [0.29, 0.717) is 38.5 Å². The van der Waals surface area contributed by atoms with Gasteiger partial charge in [-0.2, -0.15) is 4.31 Å². The van der Waals surface area contributed by atoms with Crippen LogP contribution in [0.4, 0.5) is 5.69 Å². The van der Waals surface area contributed by atoms with Gasteiger partial charge in [0.15, 0.2) is 6.54 Å². The fourth-order valence-corrected chi connectivity index (χ4v) is 4.51. The van der Waals surface area contributed by atoms with E-state index < -0.39 is 10.0 Å². The molecular weight excluding hydrogens is 366 g/mol. The topological polar surface area (TPSA) is 80.2 Å². The fourth-order valence-electron chi connectivity index (χ4n) is 3.07. The highest BCUT2D eigenvalue weighted by atomic mass is 32.2. The molecule has 1 aliphatic heterocycles. The van der Waals surface area contributed by atoms with Gasteiger partial charge in [-0.25, -0.2) is 8.42 Å². The van der Waals surface area contributed by atoms with Gasteiger partial charge in [0, 0.05) is 5.69 Å². The molecule has 0 aliphatic carbocycles. The van der Waals surface area contributed by atoms with Crippen LogP contribution < -0.4 is 15.0 Å². The first-order chi connectivity index (χ1) is 13.0. The fraction of sp³-hybridized carbons (Fsp3) is 0.316. The third kappa shape index (κ3) is 4.85. The quantitative estimate of drug-likeness (QED) is 0.740. The van der Waals surface area contributed by atoms with Crippen molar-refractivity contribution in [1.82, 2.24) is 4.31 Å². The number of carbonyl (C=O) groups excluding carboxylic acids is 1. The molecule has 8 heteroatoms. The van der Waals surface area contributed by atoms with Crippen LogP contribution in [-0.4, -0.2) is 58.5 Å². The molecule has 0 spiro atoms. The normalized spacial score (nSPS) is 16.0. The van der Waals surface area contributed by atoms with Gasteiger partial charge in [-0.15, -0.1) is 0 Å². The van der Waals surface area contributed by atoms with Crippen LogP contribution in [0.25, 0.3) is 0 Å². The molecule has 1 fully saturated rings. The SMILES string of the molecule is COc1ccc(S(=O)(=O)N2CC[NH+](CC(=O)Nc3ccccc3)CC2)cc1. The number of rotatable bonds is 6. The predicted molar refractivity (Wildman–Crippen MR) is 102 cm³/mol. The molecular formula is C19H24N3O4S+. The number of nitrogens with one attached hydrogen (secondary N) is 2. The molecule has 0 aromatic heterocycles. The number of quaternary nitrogens is 1. The van der Waals surface area contributed by atoms with Crippen molar-refractivity contribution >= 4 is 21.6 Å². The number of carbonyl (C=O) groups is 1. The molecule has 0 atom stereocenters. The molecule has 1 amide bonds. The molecule has 1 heterocycles. The number of hydrogen-bond donors (Lipinski definition) is 2. The average molecular weight is 390 g/mol. The molecule has 0 bridgehead atoms. The van der Waals surface area contributed by atoms with Crippen molar-refractivity contribution in [3.63, 3.8) is 0 Å². The third-order valence-electron chi connectivity index (χ3n) is 4.59. The molecule has 0 saturated carbocycles. The van der Waals surface area contributed by atoms with Crippen LogP contribution >= 0.6 is 0 Å². The number of ether oxygens (including phenoxy) is 1. The molecule has 3 rings (SSSR count). The lowest BCUT2D eigenvalue weighted by Gasteiger charge is -2.31. The summed E-state index contributed by atoms with van der Waals surface area (Å²) in [5, 5.41) is 2.86. The number of nitrogens with zero attached hydrogens (tertiary/aromatic N) is 1. The van der Waals surface area contributed by atoms with Gasteiger partial charge < -0.3 is 15.0 Å². The number of piperazine rings is 1. The van der Waals surface area contributed by atoms with Gasteiger partial charge in [0.2, 0.25) is 10.0 Å². The van der Waals surface area contributed by atoms with Crippen LogP contribution in [0.5, 0.6) is 5.75 Å². The number of benzene rings is 2. The molecule has 1 saturated heterocycles. The maximum atomic E-state index is 12.8. The maximum absolute atomic E-state index is 12.8. The van der Waals surface area contributed by atoms with Gasteiger partial charge in [0.1, 0.15) is 5.75 Å². The number of para-hydroxylation sites is 1. The number of sulfonamides is 1. The van der Waals surface area contributed by atoms with Crippen LogP contribution in [0.3, 0.4) is 0 Å². The van der Waals surface area contributed by atoms with E-state index in [1.165, 1.54) is 4.31 Å². The lowest BCUT2D eigenvalue weighted by atomic mass is 10.3. The second kappa shape index (κ2) is 8.51. The molecule has 0 unspecified atom stereocenters. The zero-order valence-corrected chi connectivity index (χ0v) is 16.0. The minimum absolute atomic E-state index is 0.0670. The zero-order valence-electron chi connectivity index (χ0n) is 15.2. The number of anilines is 1. The number of amides is 1. The van der Waals surface area contributed by atoms with E-state index >= 15 is 0 Å². The van der Waals surface area contributed by atoms with Gasteiger partial charge in [0.25, 0.3) is 5.91 Å². The molecule has 144 valence electrons. The predicted octanol–water partition coefficient (Wildman–Crippen LogP) is 0.223. The Labute approximate surface area is 159 Å². The lowest BCUT2D eigenvalue weighted by Crippen LogP contribution is -3.15. The second-order valence-electron chi connectivity index (χ2n) is 6.42. The highest BCUT2D eigenvalue weighted by Gasteiger charge is 2.31. The van der Waals surface area contributed by atoms with Gasteiger partial charge >= 0.3 is 0 Å². The summed E-state index contributed by atoms with van der Waals surface area (Å²) in [6.45, 7) is 2.30. The average Bonchev–Trinajstić information content (AvgIpc) is 2.69. The van der Waals surface area contributed by atoms with E-state index in [4.69, 9.17) is 4.74 Å². The Balaban J connectivity index is 1.54. The van der Waals surface area contributed by atoms with Crippen LogP contribution in [0, 0.1) is 0 Å². The van der Waals surface area contributed by atoms with E-state index in [9.17, 15) is 13.2 Å².